The number of quaternary nitrogens is 1. The summed E-state index contributed by atoms with van der Waals surface area (Å²) in [6.07, 6.45) is 95.9. The van der Waals surface area contributed by atoms with Gasteiger partial charge in [0.05, 0.1) is 27.7 Å². The van der Waals surface area contributed by atoms with Crippen LogP contribution in [0.1, 0.15) is 425 Å². The summed E-state index contributed by atoms with van der Waals surface area (Å²) in [4.78, 5) is 36.0. The molecule has 0 rings (SSSR count). The maximum Gasteiger partial charge on any atom is 0.472 e. The van der Waals surface area contributed by atoms with Crippen LogP contribution in [0.2, 0.25) is 0 Å². The van der Waals surface area contributed by atoms with Crippen LogP contribution in [0.4, 0.5) is 0 Å². The molecule has 0 aromatic carbocycles. The van der Waals surface area contributed by atoms with Gasteiger partial charge in [-0.2, -0.15) is 0 Å². The molecule has 1 N–H and O–H groups in total. The van der Waals surface area contributed by atoms with Gasteiger partial charge < -0.3 is 18.9 Å². The predicted octanol–water partition coefficient (Wildman–Crippen LogP) is 27.0. The molecule has 0 heterocycles. The summed E-state index contributed by atoms with van der Waals surface area (Å²) >= 11 is 0. The summed E-state index contributed by atoms with van der Waals surface area (Å²) in [5, 5.41) is 0. The topological polar surface area (TPSA) is 108 Å². The monoisotopic (exact) mass is 1320 g/mol. The molecule has 0 aliphatic carbocycles. The first kappa shape index (κ1) is 90.2. The minimum Gasteiger partial charge on any atom is -0.462 e. The van der Waals surface area contributed by atoms with E-state index in [0.717, 1.165) is 38.5 Å². The molecule has 0 saturated heterocycles. The van der Waals surface area contributed by atoms with Gasteiger partial charge in [0.1, 0.15) is 19.8 Å². The van der Waals surface area contributed by atoms with Gasteiger partial charge in [0.15, 0.2) is 6.10 Å². The lowest BCUT2D eigenvalue weighted by molar-refractivity contribution is -0.870. The zero-order chi connectivity index (χ0) is 66.9. The maximum absolute atomic E-state index is 12.9. The fraction of sp³-hybridized carbons (Fsp3) is 0.902. The van der Waals surface area contributed by atoms with Crippen LogP contribution in [-0.2, 0) is 32.7 Å². The fourth-order valence-corrected chi connectivity index (χ4v) is 13.1. The second-order valence-electron chi connectivity index (χ2n) is 29.2. The lowest BCUT2D eigenvalue weighted by Crippen LogP contribution is -2.37. The second-order valence-corrected chi connectivity index (χ2v) is 30.6. The van der Waals surface area contributed by atoms with Crippen molar-refractivity contribution in [3.8, 4) is 0 Å². The molecular formula is C82H159NO8P+. The number of unbranched alkanes of at least 4 members (excludes halogenated alkanes) is 57. The SMILES string of the molecule is CCCCCCC/C=C\C/C=C\CCCCCCCCCCCCCCCCCCCC(=O)OC(COC(=O)CCCCCCCCCCCCCCCCCCCCCCCCCCCCC/C=C\CCCCCCCCCC)COP(=O)(O)OCC[N+](C)(C)C. The lowest BCUT2D eigenvalue weighted by Gasteiger charge is -2.24. The van der Waals surface area contributed by atoms with E-state index in [1.54, 1.807) is 0 Å². The number of phosphoric acid groups is 1. The van der Waals surface area contributed by atoms with Crippen molar-refractivity contribution in [2.75, 3.05) is 47.5 Å². The van der Waals surface area contributed by atoms with Gasteiger partial charge in [-0.25, -0.2) is 4.57 Å². The predicted molar refractivity (Wildman–Crippen MR) is 400 cm³/mol. The Morgan fingerprint density at radius 3 is 0.870 bits per heavy atom. The van der Waals surface area contributed by atoms with Gasteiger partial charge in [0.25, 0.3) is 0 Å². The molecular weight excluding hydrogens is 1160 g/mol. The van der Waals surface area contributed by atoms with Gasteiger partial charge in [-0.3, -0.25) is 18.6 Å². The van der Waals surface area contributed by atoms with Crippen LogP contribution in [0.3, 0.4) is 0 Å². The van der Waals surface area contributed by atoms with Gasteiger partial charge >= 0.3 is 19.8 Å². The number of ether oxygens (including phenoxy) is 2. The van der Waals surface area contributed by atoms with Gasteiger partial charge in [0, 0.05) is 12.8 Å². The number of esters is 2. The summed E-state index contributed by atoms with van der Waals surface area (Å²) in [6.45, 7) is 4.50. The third-order valence-electron chi connectivity index (χ3n) is 18.6. The van der Waals surface area contributed by atoms with E-state index in [0.29, 0.717) is 23.9 Å². The van der Waals surface area contributed by atoms with E-state index in [1.165, 1.54) is 353 Å². The van der Waals surface area contributed by atoms with Crippen molar-refractivity contribution in [3.05, 3.63) is 36.5 Å². The van der Waals surface area contributed by atoms with Crippen molar-refractivity contribution in [1.82, 2.24) is 0 Å². The van der Waals surface area contributed by atoms with Gasteiger partial charge in [-0.05, 0) is 70.6 Å². The van der Waals surface area contributed by atoms with E-state index >= 15 is 0 Å². The molecule has 2 atom stereocenters. The molecule has 0 aliphatic heterocycles. The molecule has 0 saturated carbocycles. The highest BCUT2D eigenvalue weighted by molar-refractivity contribution is 7.47. The molecule has 0 spiro atoms. The number of allylic oxidation sites excluding steroid dienone is 6. The molecule has 0 radical (unpaired) electrons. The third kappa shape index (κ3) is 77.2. The smallest absolute Gasteiger partial charge is 0.462 e. The Hall–Kier alpha value is -1.77. The van der Waals surface area contributed by atoms with E-state index in [9.17, 15) is 19.0 Å². The number of carbonyl (C=O) groups is 2. The first-order chi connectivity index (χ1) is 45.0. The fourth-order valence-electron chi connectivity index (χ4n) is 12.4. The van der Waals surface area contributed by atoms with Crippen molar-refractivity contribution >= 4 is 19.8 Å². The summed E-state index contributed by atoms with van der Waals surface area (Å²) in [5.74, 6) is -0.772. The molecule has 0 bridgehead atoms. The average molecular weight is 1320 g/mol. The number of rotatable bonds is 77. The zero-order valence-corrected chi connectivity index (χ0v) is 63.2. The van der Waals surface area contributed by atoms with Crippen LogP contribution < -0.4 is 0 Å². The van der Waals surface area contributed by atoms with Gasteiger partial charge in [-0.1, -0.05) is 378 Å². The Balaban J connectivity index is 3.88. The first-order valence-corrected chi connectivity index (χ1v) is 42.2. The van der Waals surface area contributed by atoms with Gasteiger partial charge in [0.2, 0.25) is 0 Å². The van der Waals surface area contributed by atoms with Crippen LogP contribution in [0.25, 0.3) is 0 Å². The van der Waals surface area contributed by atoms with Crippen LogP contribution in [0.15, 0.2) is 36.5 Å². The van der Waals surface area contributed by atoms with Crippen LogP contribution in [0.5, 0.6) is 0 Å². The molecule has 10 heteroatoms. The minimum atomic E-state index is -4.39. The Labute approximate surface area is 573 Å². The summed E-state index contributed by atoms with van der Waals surface area (Å²) in [5.41, 5.74) is 0. The lowest BCUT2D eigenvalue weighted by atomic mass is 10.0. The summed E-state index contributed by atoms with van der Waals surface area (Å²) < 4.78 is 34.8. The first-order valence-electron chi connectivity index (χ1n) is 40.7. The normalized spacial score (nSPS) is 13.2. The highest BCUT2D eigenvalue weighted by Gasteiger charge is 2.27. The largest absolute Gasteiger partial charge is 0.472 e. The van der Waals surface area contributed by atoms with E-state index in [2.05, 4.69) is 50.3 Å². The maximum atomic E-state index is 12.9. The molecule has 0 fully saturated rings. The van der Waals surface area contributed by atoms with E-state index in [1.807, 2.05) is 21.1 Å². The number of hydrogen-bond acceptors (Lipinski definition) is 7. The number of likely N-dealkylation sites (N-methyl/N-ethyl adjacent to an activating group) is 1. The molecule has 0 aromatic heterocycles. The van der Waals surface area contributed by atoms with Crippen molar-refractivity contribution in [3.63, 3.8) is 0 Å². The third-order valence-corrected chi connectivity index (χ3v) is 19.6. The van der Waals surface area contributed by atoms with Crippen molar-refractivity contribution < 1.29 is 42.1 Å². The van der Waals surface area contributed by atoms with Crippen LogP contribution in [-0.4, -0.2) is 74.9 Å². The summed E-state index contributed by atoms with van der Waals surface area (Å²) in [6, 6.07) is 0. The molecule has 0 aliphatic rings. The Bertz CT molecular complexity index is 1640. The molecule has 9 nitrogen and oxygen atoms in total. The number of nitrogens with zero attached hydrogens (tertiary/aromatic N) is 1. The highest BCUT2D eigenvalue weighted by Crippen LogP contribution is 2.43. The standard InChI is InChI=1S/C82H158NO8P/c1-6-8-10-12-14-16-18-20-22-24-26-28-30-32-34-36-37-38-39-40-41-42-43-44-45-47-48-50-52-54-56-58-60-62-64-66-68-70-72-74-81(84)88-78-80(79-90-92(86,87)89-77-76-83(3,4)5)91-82(85)75-73-71-69-67-65-63-61-59-57-55-53-51-49-46-35-33-31-29-27-25-23-21-19-17-15-13-11-9-7-2/h19,21,24-27,80H,6-18,20,22-23,28-79H2,1-5H3/p+1/b21-19-,26-24-,27-25-. The van der Waals surface area contributed by atoms with Crippen LogP contribution in [0, 0.1) is 0 Å². The Kier molecular flexibility index (Phi) is 72.1. The number of phosphoric ester groups is 1. The molecule has 544 valence electrons. The van der Waals surface area contributed by atoms with E-state index in [-0.39, 0.29) is 25.6 Å². The quantitative estimate of drug-likeness (QED) is 0.0211. The summed E-state index contributed by atoms with van der Waals surface area (Å²) in [7, 11) is 1.50. The molecule has 0 amide bonds. The van der Waals surface area contributed by atoms with Crippen molar-refractivity contribution in [1.29, 1.82) is 0 Å². The van der Waals surface area contributed by atoms with Gasteiger partial charge in [-0.15, -0.1) is 0 Å². The highest BCUT2D eigenvalue weighted by atomic mass is 31.2. The molecule has 92 heavy (non-hydrogen) atoms. The van der Waals surface area contributed by atoms with Crippen molar-refractivity contribution in [2.45, 2.75) is 431 Å². The van der Waals surface area contributed by atoms with E-state index in [4.69, 9.17) is 18.5 Å². The average Bonchev–Trinajstić information content (AvgIpc) is 2.14. The molecule has 0 aromatic rings. The molecule has 2 unspecified atom stereocenters. The second kappa shape index (κ2) is 73.5. The minimum absolute atomic E-state index is 0.0350. The Morgan fingerprint density at radius 1 is 0.337 bits per heavy atom. The van der Waals surface area contributed by atoms with E-state index < -0.39 is 26.5 Å². The van der Waals surface area contributed by atoms with Crippen molar-refractivity contribution in [2.24, 2.45) is 0 Å². The number of carbonyl (C=O) groups excluding carboxylic acids is 2. The van der Waals surface area contributed by atoms with Crippen LogP contribution >= 0.6 is 7.82 Å². The number of hydrogen-bond donors (Lipinski definition) is 1. The zero-order valence-electron chi connectivity index (χ0n) is 62.3. The Morgan fingerprint density at radius 2 is 0.587 bits per heavy atom.